The second-order valence-electron chi connectivity index (χ2n) is 12.1. The van der Waals surface area contributed by atoms with E-state index < -0.39 is 28.9 Å². The molecule has 0 saturated carbocycles. The van der Waals surface area contributed by atoms with Crippen molar-refractivity contribution in [2.45, 2.75) is 44.3 Å². The minimum atomic E-state index is -0.639. The van der Waals surface area contributed by atoms with Crippen LogP contribution in [-0.4, -0.2) is 41.5 Å². The van der Waals surface area contributed by atoms with E-state index in [9.17, 15) is 24.0 Å². The fourth-order valence-corrected chi connectivity index (χ4v) is 7.38. The van der Waals surface area contributed by atoms with E-state index in [1.807, 2.05) is 50.2 Å². The summed E-state index contributed by atoms with van der Waals surface area (Å²) in [4.78, 5) is 67.7. The Kier molecular flexibility index (Phi) is 13.6. The molecule has 0 bridgehead atoms. The minimum Gasteiger partial charge on any atom is -0.462 e. The molecule has 1 aromatic heterocycles. The number of benzene rings is 4. The Morgan fingerprint density at radius 3 is 2.09 bits per heavy atom. The maximum Gasteiger partial charge on any atom is 0.341 e. The Hall–Kier alpha value is -5.98. The van der Waals surface area contributed by atoms with E-state index in [0.29, 0.717) is 33.8 Å². The molecule has 10 nitrogen and oxygen atoms in total. The molecule has 5 aromatic rings. The summed E-state index contributed by atoms with van der Waals surface area (Å²) in [7, 11) is 0. The van der Waals surface area contributed by atoms with Crippen LogP contribution in [0.15, 0.2) is 120 Å². The second-order valence-corrected chi connectivity index (χ2v) is 14.4. The highest BCUT2D eigenvalue weighted by atomic mass is 32.2. The van der Waals surface area contributed by atoms with Crippen LogP contribution in [0.5, 0.6) is 0 Å². The third-order valence-electron chi connectivity index (χ3n) is 8.05. The lowest BCUT2D eigenvalue weighted by Crippen LogP contribution is -2.30. The third-order valence-corrected chi connectivity index (χ3v) is 10.6. The van der Waals surface area contributed by atoms with E-state index in [-0.39, 0.29) is 33.7 Å². The lowest BCUT2D eigenvalue weighted by molar-refractivity contribution is -0.116. The van der Waals surface area contributed by atoms with Crippen LogP contribution in [0.4, 0.5) is 16.4 Å². The maximum absolute atomic E-state index is 13.7. The molecule has 0 aliphatic carbocycles. The van der Waals surface area contributed by atoms with Gasteiger partial charge in [-0.2, -0.15) is 0 Å². The van der Waals surface area contributed by atoms with Crippen LogP contribution in [0.2, 0.25) is 0 Å². The number of thiophene rings is 1. The smallest absolute Gasteiger partial charge is 0.341 e. The molecule has 1 unspecified atom stereocenters. The topological polar surface area (TPSA) is 143 Å². The highest BCUT2D eigenvalue weighted by Crippen LogP contribution is 2.36. The van der Waals surface area contributed by atoms with Crippen LogP contribution in [-0.2, 0) is 14.3 Å². The normalized spacial score (nSPS) is 11.6. The van der Waals surface area contributed by atoms with E-state index in [0.717, 1.165) is 22.5 Å². The first-order chi connectivity index (χ1) is 26.1. The minimum absolute atomic E-state index is 0.0528. The summed E-state index contributed by atoms with van der Waals surface area (Å²) in [6, 6.07) is 32.1. The van der Waals surface area contributed by atoms with Gasteiger partial charge in [0.05, 0.1) is 22.3 Å². The maximum atomic E-state index is 13.7. The molecule has 0 aliphatic heterocycles. The molecule has 0 spiro atoms. The molecule has 276 valence electrons. The Morgan fingerprint density at radius 2 is 1.43 bits per heavy atom. The Balaban J connectivity index is 1.33. The average Bonchev–Trinajstić information content (AvgIpc) is 3.50. The van der Waals surface area contributed by atoms with Crippen LogP contribution < -0.4 is 21.3 Å². The quantitative estimate of drug-likeness (QED) is 0.0504. The van der Waals surface area contributed by atoms with E-state index in [1.165, 1.54) is 11.8 Å². The van der Waals surface area contributed by atoms with Crippen molar-refractivity contribution in [1.29, 1.82) is 0 Å². The summed E-state index contributed by atoms with van der Waals surface area (Å²) >= 11 is 2.29. The first-order valence-electron chi connectivity index (χ1n) is 17.3. The number of thioether (sulfide) groups is 1. The zero-order chi connectivity index (χ0) is 38.6. The average molecular weight is 761 g/mol. The molecule has 4 N–H and O–H groups in total. The van der Waals surface area contributed by atoms with Gasteiger partial charge in [-0.1, -0.05) is 79.2 Å². The van der Waals surface area contributed by atoms with Crippen LogP contribution >= 0.6 is 23.1 Å². The SMILES string of the molecule is CCOC(=O)c1c(NC(=O)C(CC)Sc2cccc(NC(=O)/C(=C/c3ccc(C)cc3)NC(=O)c3ccccc3)c2)sc(C(=O)Nc2ccccc2)c1C. The molecule has 1 atom stereocenters. The molecular formula is C42H40N4O6S2. The van der Waals surface area contributed by atoms with E-state index >= 15 is 0 Å². The summed E-state index contributed by atoms with van der Waals surface area (Å²) in [5, 5.41) is 11.0. The van der Waals surface area contributed by atoms with Crippen molar-refractivity contribution in [3.05, 3.63) is 148 Å². The summed E-state index contributed by atoms with van der Waals surface area (Å²) < 4.78 is 5.29. The highest BCUT2D eigenvalue weighted by molar-refractivity contribution is 8.00. The number of carbonyl (C=O) groups is 5. The fraction of sp³-hybridized carbons (Fsp3) is 0.167. The first kappa shape index (κ1) is 39.2. The summed E-state index contributed by atoms with van der Waals surface area (Å²) in [6.07, 6.45) is 2.04. The predicted molar refractivity (Wildman–Crippen MR) is 216 cm³/mol. The van der Waals surface area contributed by atoms with Crippen molar-refractivity contribution < 1.29 is 28.7 Å². The molecule has 0 aliphatic rings. The van der Waals surface area contributed by atoms with Crippen LogP contribution in [0, 0.1) is 13.8 Å². The summed E-state index contributed by atoms with van der Waals surface area (Å²) in [6.45, 7) is 7.28. The molecule has 4 aromatic carbocycles. The lowest BCUT2D eigenvalue weighted by atomic mass is 10.1. The number of hydrogen-bond acceptors (Lipinski definition) is 8. The van der Waals surface area contributed by atoms with Crippen LogP contribution in [0.1, 0.15) is 67.3 Å². The van der Waals surface area contributed by atoms with Gasteiger partial charge in [-0.05, 0) is 86.9 Å². The van der Waals surface area contributed by atoms with Gasteiger partial charge >= 0.3 is 5.97 Å². The molecule has 0 radical (unpaired) electrons. The number of hydrogen-bond donors (Lipinski definition) is 4. The molecule has 12 heteroatoms. The van der Waals surface area contributed by atoms with Crippen molar-refractivity contribution in [2.75, 3.05) is 22.6 Å². The van der Waals surface area contributed by atoms with Gasteiger partial charge in [-0.3, -0.25) is 19.2 Å². The largest absolute Gasteiger partial charge is 0.462 e. The molecule has 0 fully saturated rings. The number of ether oxygens (including phenoxy) is 1. The highest BCUT2D eigenvalue weighted by Gasteiger charge is 2.29. The van der Waals surface area contributed by atoms with Gasteiger partial charge in [0.25, 0.3) is 17.7 Å². The predicted octanol–water partition coefficient (Wildman–Crippen LogP) is 8.71. The van der Waals surface area contributed by atoms with Crippen LogP contribution in [0.3, 0.4) is 0 Å². The van der Waals surface area contributed by atoms with Gasteiger partial charge in [0.1, 0.15) is 10.7 Å². The van der Waals surface area contributed by atoms with Crippen molar-refractivity contribution in [2.24, 2.45) is 0 Å². The van der Waals surface area contributed by atoms with Crippen molar-refractivity contribution in [1.82, 2.24) is 5.32 Å². The molecular weight excluding hydrogens is 721 g/mol. The summed E-state index contributed by atoms with van der Waals surface area (Å²) in [5.41, 5.74) is 3.83. The zero-order valence-corrected chi connectivity index (χ0v) is 31.9. The Labute approximate surface area is 322 Å². The number of amides is 4. The van der Waals surface area contributed by atoms with E-state index in [1.54, 1.807) is 92.7 Å². The zero-order valence-electron chi connectivity index (χ0n) is 30.2. The fourth-order valence-electron chi connectivity index (χ4n) is 5.27. The monoisotopic (exact) mass is 760 g/mol. The number of rotatable bonds is 14. The molecule has 0 saturated heterocycles. The van der Waals surface area contributed by atoms with Crippen molar-refractivity contribution in [3.8, 4) is 0 Å². The number of aryl methyl sites for hydroxylation is 1. The number of esters is 1. The molecule has 1 heterocycles. The number of nitrogens with one attached hydrogen (secondary N) is 4. The van der Waals surface area contributed by atoms with E-state index in [2.05, 4.69) is 21.3 Å². The Morgan fingerprint density at radius 1 is 0.759 bits per heavy atom. The standard InChI is InChI=1S/C42H40N4O6S2/c1-5-34(39(49)46-41-35(42(51)52-6-2)27(4)36(54-41)40(50)43-30-16-11-8-12-17-30)53-32-19-13-18-31(25-32)44-38(48)33(24-28-22-20-26(3)21-23-28)45-37(47)29-14-9-7-10-15-29/h7-25,34H,5-6H2,1-4H3,(H,43,50)(H,44,48)(H,45,47)(H,46,49)/b33-24-. The van der Waals surface area contributed by atoms with E-state index in [4.69, 9.17) is 4.74 Å². The second kappa shape index (κ2) is 18.7. The van der Waals surface area contributed by atoms with Gasteiger partial charge in [0, 0.05) is 21.8 Å². The lowest BCUT2D eigenvalue weighted by Gasteiger charge is -2.16. The molecule has 4 amide bonds. The van der Waals surface area contributed by atoms with Crippen molar-refractivity contribution >= 4 is 75.1 Å². The number of anilines is 3. The summed E-state index contributed by atoms with van der Waals surface area (Å²) in [5.74, 6) is -2.38. The first-order valence-corrected chi connectivity index (χ1v) is 19.0. The van der Waals surface area contributed by atoms with Gasteiger partial charge in [0.15, 0.2) is 0 Å². The number of carbonyl (C=O) groups excluding carboxylic acids is 5. The third kappa shape index (κ3) is 10.3. The van der Waals surface area contributed by atoms with Gasteiger partial charge in [0.2, 0.25) is 5.91 Å². The van der Waals surface area contributed by atoms with Crippen molar-refractivity contribution in [3.63, 3.8) is 0 Å². The van der Waals surface area contributed by atoms with Gasteiger partial charge < -0.3 is 26.0 Å². The Bertz CT molecular complexity index is 2170. The molecule has 5 rings (SSSR count). The van der Waals surface area contributed by atoms with Crippen LogP contribution in [0.25, 0.3) is 6.08 Å². The van der Waals surface area contributed by atoms with Gasteiger partial charge in [-0.25, -0.2) is 4.79 Å². The van der Waals surface area contributed by atoms with Gasteiger partial charge in [-0.15, -0.1) is 23.1 Å². The number of para-hydroxylation sites is 1. The molecule has 54 heavy (non-hydrogen) atoms.